The van der Waals surface area contributed by atoms with Crippen LogP contribution in [0.5, 0.6) is 5.75 Å². The molecule has 0 amide bonds. The maximum absolute atomic E-state index is 11.0. The zero-order chi connectivity index (χ0) is 12.0. The molecule has 0 aromatic heterocycles. The predicted octanol–water partition coefficient (Wildman–Crippen LogP) is 2.98. The third-order valence-electron chi connectivity index (χ3n) is 3.35. The fourth-order valence-corrected chi connectivity index (χ4v) is 2.77. The Hall–Kier alpha value is -1.48. The van der Waals surface area contributed by atoms with E-state index in [2.05, 4.69) is 0 Å². The molecule has 1 aliphatic heterocycles. The average molecular weight is 251 g/mol. The Morgan fingerprint density at radius 2 is 2.29 bits per heavy atom. The molecule has 1 N–H and O–H groups in total. The highest BCUT2D eigenvalue weighted by Gasteiger charge is 2.36. The maximum atomic E-state index is 11.0. The van der Waals surface area contributed by atoms with Crippen molar-refractivity contribution in [1.82, 2.24) is 0 Å². The van der Waals surface area contributed by atoms with Gasteiger partial charge in [-0.1, -0.05) is 23.7 Å². The van der Waals surface area contributed by atoms with E-state index in [1.165, 1.54) is 0 Å². The molecule has 1 aliphatic carbocycles. The summed E-state index contributed by atoms with van der Waals surface area (Å²) in [6, 6.07) is 5.54. The highest BCUT2D eigenvalue weighted by Crippen LogP contribution is 2.46. The van der Waals surface area contributed by atoms with Gasteiger partial charge in [0.15, 0.2) is 0 Å². The Labute approximate surface area is 104 Å². The van der Waals surface area contributed by atoms with E-state index < -0.39 is 5.97 Å². The van der Waals surface area contributed by atoms with E-state index in [9.17, 15) is 4.79 Å². The molecule has 0 radical (unpaired) electrons. The van der Waals surface area contributed by atoms with Crippen molar-refractivity contribution in [3.05, 3.63) is 34.9 Å². The van der Waals surface area contributed by atoms with Gasteiger partial charge in [0.25, 0.3) is 0 Å². The van der Waals surface area contributed by atoms with E-state index in [0.717, 1.165) is 16.9 Å². The molecule has 0 spiro atoms. The van der Waals surface area contributed by atoms with Crippen LogP contribution in [0.1, 0.15) is 18.4 Å². The molecule has 3 rings (SSSR count). The average Bonchev–Trinajstić information content (AvgIpc) is 2.67. The van der Waals surface area contributed by atoms with Gasteiger partial charge in [-0.15, -0.1) is 0 Å². The lowest BCUT2D eigenvalue weighted by Crippen LogP contribution is -2.26. The summed E-state index contributed by atoms with van der Waals surface area (Å²) in [4.78, 5) is 11.0. The van der Waals surface area contributed by atoms with Gasteiger partial charge < -0.3 is 9.84 Å². The van der Waals surface area contributed by atoms with E-state index in [4.69, 9.17) is 21.4 Å². The molecular weight excluding hydrogens is 240 g/mol. The minimum absolute atomic E-state index is 0.153. The number of aliphatic carboxylic acids is 1. The van der Waals surface area contributed by atoms with E-state index in [1.54, 1.807) is 0 Å². The first-order valence-corrected chi connectivity index (χ1v) is 5.93. The number of hydrogen-bond donors (Lipinski definition) is 1. The lowest BCUT2D eigenvalue weighted by atomic mass is 9.86. The minimum atomic E-state index is -0.758. The zero-order valence-electron chi connectivity index (χ0n) is 9.02. The molecule has 2 aliphatic rings. The van der Waals surface area contributed by atoms with Crippen LogP contribution < -0.4 is 4.74 Å². The van der Waals surface area contributed by atoms with E-state index in [-0.39, 0.29) is 12.0 Å². The minimum Gasteiger partial charge on any atom is -0.485 e. The maximum Gasteiger partial charge on any atom is 0.306 e. The van der Waals surface area contributed by atoms with E-state index in [1.807, 2.05) is 24.3 Å². The van der Waals surface area contributed by atoms with Crippen molar-refractivity contribution in [2.45, 2.75) is 18.9 Å². The highest BCUT2D eigenvalue weighted by atomic mass is 35.5. The smallest absolute Gasteiger partial charge is 0.306 e. The van der Waals surface area contributed by atoms with Gasteiger partial charge in [0.2, 0.25) is 0 Å². The molecule has 1 heterocycles. The number of ether oxygens (including phenoxy) is 1. The first-order chi connectivity index (χ1) is 8.16. The Kier molecular flexibility index (Phi) is 2.37. The molecule has 17 heavy (non-hydrogen) atoms. The summed E-state index contributed by atoms with van der Waals surface area (Å²) in [7, 11) is 0. The van der Waals surface area contributed by atoms with Gasteiger partial charge in [0.1, 0.15) is 11.9 Å². The van der Waals surface area contributed by atoms with Crippen LogP contribution in [-0.4, -0.2) is 17.2 Å². The van der Waals surface area contributed by atoms with Gasteiger partial charge in [0, 0.05) is 17.6 Å². The SMILES string of the molecule is O=C(O)C1CC=C2c3c(Cl)cccc3OC2C1. The van der Waals surface area contributed by atoms with Crippen molar-refractivity contribution in [1.29, 1.82) is 0 Å². The Morgan fingerprint density at radius 3 is 3.06 bits per heavy atom. The van der Waals surface area contributed by atoms with Crippen molar-refractivity contribution in [3.63, 3.8) is 0 Å². The molecule has 88 valence electrons. The predicted molar refractivity (Wildman–Crippen MR) is 64.2 cm³/mol. The van der Waals surface area contributed by atoms with Crippen LogP contribution in [0.2, 0.25) is 5.02 Å². The van der Waals surface area contributed by atoms with Gasteiger partial charge in [-0.3, -0.25) is 4.79 Å². The Morgan fingerprint density at radius 1 is 1.47 bits per heavy atom. The fraction of sp³-hybridized carbons (Fsp3) is 0.308. The number of rotatable bonds is 1. The standard InChI is InChI=1S/C13H11ClO3/c14-9-2-1-3-10-12(9)8-5-4-7(13(15)16)6-11(8)17-10/h1-3,5,7,11H,4,6H2,(H,15,16). The summed E-state index contributed by atoms with van der Waals surface area (Å²) < 4.78 is 5.76. The molecule has 1 aromatic carbocycles. The number of fused-ring (bicyclic) bond motifs is 3. The van der Waals surface area contributed by atoms with E-state index >= 15 is 0 Å². The quantitative estimate of drug-likeness (QED) is 0.834. The van der Waals surface area contributed by atoms with Crippen molar-refractivity contribution in [2.75, 3.05) is 0 Å². The summed E-state index contributed by atoms with van der Waals surface area (Å²) in [5, 5.41) is 9.69. The third kappa shape index (κ3) is 1.62. The lowest BCUT2D eigenvalue weighted by Gasteiger charge is -2.22. The number of benzene rings is 1. The molecule has 0 saturated heterocycles. The van der Waals surface area contributed by atoms with Gasteiger partial charge >= 0.3 is 5.97 Å². The van der Waals surface area contributed by atoms with Crippen LogP contribution in [0, 0.1) is 5.92 Å². The first kappa shape index (κ1) is 10.7. The van der Waals surface area contributed by atoms with Gasteiger partial charge in [0.05, 0.1) is 10.9 Å². The normalized spacial score (nSPS) is 25.6. The van der Waals surface area contributed by atoms with Gasteiger partial charge in [-0.05, 0) is 18.6 Å². The molecule has 2 atom stereocenters. The van der Waals surface area contributed by atoms with Crippen LogP contribution in [0.15, 0.2) is 24.3 Å². The monoisotopic (exact) mass is 250 g/mol. The first-order valence-electron chi connectivity index (χ1n) is 5.55. The number of carboxylic acids is 1. The molecule has 0 saturated carbocycles. The number of hydrogen-bond acceptors (Lipinski definition) is 2. The largest absolute Gasteiger partial charge is 0.485 e. The summed E-state index contributed by atoms with van der Waals surface area (Å²) in [5.74, 6) is -0.345. The molecule has 1 aromatic rings. The second-order valence-electron chi connectivity index (χ2n) is 4.39. The third-order valence-corrected chi connectivity index (χ3v) is 3.67. The van der Waals surface area contributed by atoms with Gasteiger partial charge in [-0.2, -0.15) is 0 Å². The topological polar surface area (TPSA) is 46.5 Å². The lowest BCUT2D eigenvalue weighted by molar-refractivity contribution is -0.142. The van der Waals surface area contributed by atoms with Crippen LogP contribution in [0.3, 0.4) is 0 Å². The fourth-order valence-electron chi connectivity index (χ4n) is 2.49. The molecule has 0 fully saturated rings. The van der Waals surface area contributed by atoms with Crippen LogP contribution >= 0.6 is 11.6 Å². The molecule has 2 unspecified atom stereocenters. The number of carbonyl (C=O) groups is 1. The Balaban J connectivity index is 2.00. The summed E-state index contributed by atoms with van der Waals surface area (Å²) in [6.07, 6.45) is 2.87. The Bertz CT molecular complexity index is 521. The highest BCUT2D eigenvalue weighted by molar-refractivity contribution is 6.32. The number of halogens is 1. The van der Waals surface area contributed by atoms with Crippen LogP contribution in [-0.2, 0) is 4.79 Å². The van der Waals surface area contributed by atoms with Crippen molar-refractivity contribution >= 4 is 23.1 Å². The van der Waals surface area contributed by atoms with Crippen LogP contribution in [0.25, 0.3) is 5.57 Å². The van der Waals surface area contributed by atoms with E-state index in [0.29, 0.717) is 17.9 Å². The summed E-state index contributed by atoms with van der Waals surface area (Å²) in [6.45, 7) is 0. The molecule has 3 nitrogen and oxygen atoms in total. The van der Waals surface area contributed by atoms with Gasteiger partial charge in [-0.25, -0.2) is 0 Å². The second kappa shape index (κ2) is 3.77. The van der Waals surface area contributed by atoms with Crippen molar-refractivity contribution in [2.24, 2.45) is 5.92 Å². The summed E-state index contributed by atoms with van der Waals surface area (Å²) >= 11 is 6.15. The second-order valence-corrected chi connectivity index (χ2v) is 4.79. The van der Waals surface area contributed by atoms with Crippen molar-refractivity contribution in [3.8, 4) is 5.75 Å². The molecular formula is C13H11ClO3. The van der Waals surface area contributed by atoms with Crippen molar-refractivity contribution < 1.29 is 14.6 Å². The van der Waals surface area contributed by atoms with Crippen LogP contribution in [0.4, 0.5) is 0 Å². The zero-order valence-corrected chi connectivity index (χ0v) is 9.78. The summed E-state index contributed by atoms with van der Waals surface area (Å²) in [5.41, 5.74) is 1.98. The number of carboxylic acid groups (broad SMARTS) is 1. The molecule has 4 heteroatoms. The number of allylic oxidation sites excluding steroid dienone is 1. The molecule has 0 bridgehead atoms.